The van der Waals surface area contributed by atoms with Crippen molar-refractivity contribution < 1.29 is 14.1 Å². The van der Waals surface area contributed by atoms with Crippen LogP contribution in [0.5, 0.6) is 0 Å². The molecule has 106 valence electrons. The van der Waals surface area contributed by atoms with Crippen LogP contribution in [0.3, 0.4) is 0 Å². The number of nitrogens with zero attached hydrogens (tertiary/aromatic N) is 2. The fourth-order valence-corrected chi connectivity index (χ4v) is 2.11. The molecule has 1 atom stereocenters. The molecule has 1 amide bonds. The van der Waals surface area contributed by atoms with Gasteiger partial charge in [0.15, 0.2) is 5.82 Å². The average Bonchev–Trinajstić information content (AvgIpc) is 2.74. The van der Waals surface area contributed by atoms with Gasteiger partial charge in [-0.15, -0.1) is 0 Å². The number of carbonyl (C=O) groups is 1. The second-order valence-electron chi connectivity index (χ2n) is 5.75. The van der Waals surface area contributed by atoms with E-state index >= 15 is 0 Å². The molecule has 0 radical (unpaired) electrons. The molecular weight excluding hydrogens is 250 g/mol. The molecule has 2 rings (SSSR count). The second kappa shape index (κ2) is 5.07. The van der Waals surface area contributed by atoms with E-state index in [1.807, 2.05) is 20.8 Å². The van der Waals surface area contributed by atoms with Crippen LogP contribution in [0, 0.1) is 0 Å². The molecule has 1 aliphatic rings. The summed E-state index contributed by atoms with van der Waals surface area (Å²) in [5, 5.41) is 3.69. The molecule has 7 nitrogen and oxygen atoms in total. The zero-order valence-electron chi connectivity index (χ0n) is 11.4. The van der Waals surface area contributed by atoms with Gasteiger partial charge in [-0.3, -0.25) is 9.51 Å². The number of aromatic amines is 1. The number of hydrogen-bond donors (Lipinski definition) is 1. The van der Waals surface area contributed by atoms with Crippen LogP contribution in [0.25, 0.3) is 0 Å². The second-order valence-corrected chi connectivity index (χ2v) is 5.75. The highest BCUT2D eigenvalue weighted by Crippen LogP contribution is 2.25. The van der Waals surface area contributed by atoms with Gasteiger partial charge in [-0.1, -0.05) is 5.16 Å². The molecule has 1 aromatic heterocycles. The lowest BCUT2D eigenvalue weighted by molar-refractivity contribution is 0.0195. The highest BCUT2D eigenvalue weighted by molar-refractivity contribution is 5.68. The third-order valence-electron chi connectivity index (χ3n) is 2.92. The van der Waals surface area contributed by atoms with Crippen molar-refractivity contribution in [2.24, 2.45) is 0 Å². The van der Waals surface area contributed by atoms with Crippen LogP contribution in [0.15, 0.2) is 9.32 Å². The molecule has 7 heteroatoms. The third-order valence-corrected chi connectivity index (χ3v) is 2.92. The van der Waals surface area contributed by atoms with E-state index in [4.69, 9.17) is 4.74 Å². The third kappa shape index (κ3) is 3.59. The first-order valence-electron chi connectivity index (χ1n) is 6.39. The van der Waals surface area contributed by atoms with Gasteiger partial charge in [0.05, 0.1) is 0 Å². The summed E-state index contributed by atoms with van der Waals surface area (Å²) in [7, 11) is 0. The standard InChI is InChI=1S/C12H19N3O4/c1-12(2,3)18-11(17)15-6-4-5-8(7-15)9-13-10(16)19-14-9/h8H,4-7H2,1-3H3,(H,13,14,16). The van der Waals surface area contributed by atoms with E-state index in [0.717, 1.165) is 12.8 Å². The normalized spacial score (nSPS) is 20.4. The Labute approximate surface area is 110 Å². The van der Waals surface area contributed by atoms with E-state index in [0.29, 0.717) is 18.9 Å². The Morgan fingerprint density at radius 1 is 1.53 bits per heavy atom. The Bertz CT molecular complexity index is 500. The van der Waals surface area contributed by atoms with Crippen molar-refractivity contribution >= 4 is 6.09 Å². The minimum atomic E-state index is -0.565. The molecule has 0 aromatic carbocycles. The van der Waals surface area contributed by atoms with Gasteiger partial charge in [0.25, 0.3) is 0 Å². The van der Waals surface area contributed by atoms with Gasteiger partial charge in [-0.05, 0) is 33.6 Å². The Morgan fingerprint density at radius 2 is 2.26 bits per heavy atom. The maximum Gasteiger partial charge on any atom is 0.438 e. The molecule has 0 saturated carbocycles. The molecule has 1 fully saturated rings. The Balaban J connectivity index is 2.01. The number of amides is 1. The van der Waals surface area contributed by atoms with Gasteiger partial charge < -0.3 is 9.64 Å². The maximum absolute atomic E-state index is 12.0. The van der Waals surface area contributed by atoms with Gasteiger partial charge in [0.1, 0.15) is 5.60 Å². The molecule has 1 aromatic rings. The highest BCUT2D eigenvalue weighted by atomic mass is 16.6. The van der Waals surface area contributed by atoms with E-state index < -0.39 is 11.4 Å². The number of piperidine rings is 1. The smallest absolute Gasteiger partial charge is 0.438 e. The van der Waals surface area contributed by atoms with Gasteiger partial charge >= 0.3 is 11.8 Å². The monoisotopic (exact) mass is 269 g/mol. The summed E-state index contributed by atoms with van der Waals surface area (Å²) < 4.78 is 9.84. The van der Waals surface area contributed by atoms with Crippen molar-refractivity contribution in [2.45, 2.75) is 45.1 Å². The average molecular weight is 269 g/mol. The fourth-order valence-electron chi connectivity index (χ4n) is 2.11. The molecule has 1 aliphatic heterocycles. The molecule has 1 saturated heterocycles. The van der Waals surface area contributed by atoms with Gasteiger partial charge in [-0.25, -0.2) is 9.59 Å². The zero-order chi connectivity index (χ0) is 14.0. The van der Waals surface area contributed by atoms with Crippen molar-refractivity contribution in [2.75, 3.05) is 13.1 Å². The van der Waals surface area contributed by atoms with Crippen LogP contribution in [0.2, 0.25) is 0 Å². The first-order chi connectivity index (χ1) is 8.85. The lowest BCUT2D eigenvalue weighted by Crippen LogP contribution is -2.42. The first-order valence-corrected chi connectivity index (χ1v) is 6.39. The maximum atomic E-state index is 12.0. The van der Waals surface area contributed by atoms with Gasteiger partial charge in [-0.2, -0.15) is 0 Å². The minimum absolute atomic E-state index is 0.00674. The van der Waals surface area contributed by atoms with Crippen molar-refractivity contribution in [1.29, 1.82) is 0 Å². The van der Waals surface area contributed by atoms with Crippen LogP contribution in [-0.4, -0.2) is 39.8 Å². The molecular formula is C12H19N3O4. The summed E-state index contributed by atoms with van der Waals surface area (Å²) in [5.41, 5.74) is -0.508. The Hall–Kier alpha value is -1.79. The topological polar surface area (TPSA) is 88.4 Å². The van der Waals surface area contributed by atoms with E-state index in [1.165, 1.54) is 0 Å². The number of nitrogens with one attached hydrogen (secondary N) is 1. The Morgan fingerprint density at radius 3 is 2.84 bits per heavy atom. The molecule has 19 heavy (non-hydrogen) atoms. The van der Waals surface area contributed by atoms with Gasteiger partial charge in [0.2, 0.25) is 0 Å². The molecule has 1 N–H and O–H groups in total. The summed E-state index contributed by atoms with van der Waals surface area (Å²) in [4.78, 5) is 27.1. The number of H-pyrrole nitrogens is 1. The molecule has 0 bridgehead atoms. The quantitative estimate of drug-likeness (QED) is 0.834. The van der Waals surface area contributed by atoms with E-state index in [-0.39, 0.29) is 12.0 Å². The minimum Gasteiger partial charge on any atom is -0.444 e. The number of rotatable bonds is 1. The summed E-state index contributed by atoms with van der Waals surface area (Å²) in [5.74, 6) is -0.0737. The van der Waals surface area contributed by atoms with Crippen molar-refractivity contribution in [3.8, 4) is 0 Å². The summed E-state index contributed by atoms with van der Waals surface area (Å²) in [6.45, 7) is 6.65. The molecule has 2 heterocycles. The van der Waals surface area contributed by atoms with Gasteiger partial charge in [0, 0.05) is 19.0 Å². The Kier molecular flexibility index (Phi) is 3.64. The highest BCUT2D eigenvalue weighted by Gasteiger charge is 2.30. The van der Waals surface area contributed by atoms with Crippen molar-refractivity contribution in [3.63, 3.8) is 0 Å². The SMILES string of the molecule is CC(C)(C)OC(=O)N1CCCC(c2noc(=O)[nH]2)C1. The number of carbonyl (C=O) groups excluding carboxylic acids is 1. The zero-order valence-corrected chi connectivity index (χ0v) is 11.4. The lowest BCUT2D eigenvalue weighted by Gasteiger charge is -2.33. The van der Waals surface area contributed by atoms with Crippen LogP contribution in [-0.2, 0) is 4.74 Å². The number of hydrogen-bond acceptors (Lipinski definition) is 5. The predicted octanol–water partition coefficient (Wildman–Crippen LogP) is 1.48. The van der Waals surface area contributed by atoms with Crippen LogP contribution >= 0.6 is 0 Å². The largest absolute Gasteiger partial charge is 0.444 e. The van der Waals surface area contributed by atoms with Crippen LogP contribution < -0.4 is 5.76 Å². The van der Waals surface area contributed by atoms with E-state index in [1.54, 1.807) is 4.90 Å². The lowest BCUT2D eigenvalue weighted by atomic mass is 9.98. The van der Waals surface area contributed by atoms with Crippen LogP contribution in [0.4, 0.5) is 4.79 Å². The number of likely N-dealkylation sites (tertiary alicyclic amines) is 1. The van der Waals surface area contributed by atoms with Crippen molar-refractivity contribution in [3.05, 3.63) is 16.4 Å². The molecule has 0 spiro atoms. The van der Waals surface area contributed by atoms with E-state index in [2.05, 4.69) is 14.7 Å². The summed E-state index contributed by atoms with van der Waals surface area (Å²) in [6, 6.07) is 0. The molecule has 0 aliphatic carbocycles. The summed E-state index contributed by atoms with van der Waals surface area (Å²) in [6.07, 6.45) is 1.38. The molecule has 1 unspecified atom stereocenters. The van der Waals surface area contributed by atoms with Crippen molar-refractivity contribution in [1.82, 2.24) is 15.0 Å². The van der Waals surface area contributed by atoms with Crippen LogP contribution in [0.1, 0.15) is 45.4 Å². The predicted molar refractivity (Wildman–Crippen MR) is 66.9 cm³/mol. The number of ether oxygens (including phenoxy) is 1. The number of aromatic nitrogens is 2. The first kappa shape index (κ1) is 13.6. The summed E-state index contributed by atoms with van der Waals surface area (Å²) >= 11 is 0. The fraction of sp³-hybridized carbons (Fsp3) is 0.750. The van der Waals surface area contributed by atoms with E-state index in [9.17, 15) is 9.59 Å².